The van der Waals surface area contributed by atoms with Crippen LogP contribution in [0.25, 0.3) is 11.0 Å². The van der Waals surface area contributed by atoms with E-state index < -0.39 is 0 Å². The van der Waals surface area contributed by atoms with Gasteiger partial charge in [0.25, 0.3) is 0 Å². The number of amides is 1. The van der Waals surface area contributed by atoms with E-state index in [2.05, 4.69) is 25.2 Å². The first-order chi connectivity index (χ1) is 12.6. The molecule has 1 saturated heterocycles. The molecule has 134 valence electrons. The lowest BCUT2D eigenvalue weighted by Gasteiger charge is -2.18. The van der Waals surface area contributed by atoms with Crippen LogP contribution in [0.1, 0.15) is 24.2 Å². The maximum absolute atomic E-state index is 12.5. The number of aryl methyl sites for hydroxylation is 2. The summed E-state index contributed by atoms with van der Waals surface area (Å²) in [6, 6.07) is 7.77. The Morgan fingerprint density at radius 3 is 2.54 bits per heavy atom. The van der Waals surface area contributed by atoms with Gasteiger partial charge in [0.1, 0.15) is 6.54 Å². The molecule has 1 aromatic carbocycles. The van der Waals surface area contributed by atoms with E-state index >= 15 is 0 Å². The molecule has 0 spiro atoms. The summed E-state index contributed by atoms with van der Waals surface area (Å²) in [6.45, 7) is 6.02. The van der Waals surface area contributed by atoms with E-state index in [0.29, 0.717) is 5.69 Å². The molecule has 4 rings (SSSR count). The largest absolute Gasteiger partial charge is 0.341 e. The Morgan fingerprint density at radius 1 is 1.12 bits per heavy atom. The molecule has 3 heterocycles. The molecule has 1 N–H and O–H groups in total. The minimum absolute atomic E-state index is 0.114. The quantitative estimate of drug-likeness (QED) is 0.783. The average molecular weight is 350 g/mol. The molecular formula is C19H22N6O. The molecule has 0 unspecified atom stereocenters. The molecule has 7 heteroatoms. The molecule has 0 atom stereocenters. The topological polar surface area (TPSA) is 75.9 Å². The van der Waals surface area contributed by atoms with Crippen LogP contribution in [0.4, 0.5) is 11.6 Å². The molecule has 0 bridgehead atoms. The Bertz CT molecular complexity index is 935. The van der Waals surface area contributed by atoms with Crippen molar-refractivity contribution in [1.29, 1.82) is 0 Å². The summed E-state index contributed by atoms with van der Waals surface area (Å²) < 4.78 is 1.84. The third-order valence-electron chi connectivity index (χ3n) is 4.75. The fraction of sp³-hybridized carbons (Fsp3) is 0.368. The van der Waals surface area contributed by atoms with Crippen LogP contribution in [0.5, 0.6) is 0 Å². The standard InChI is InChI=1S/C19H22N6O/c1-13-18(14(2)22-19(21-13)24-9-5-6-10-24)23-17(26)11-25-12-20-15-7-3-4-8-16(15)25/h3-4,7-8,12H,5-6,9-11H2,1-2H3,(H,23,26). The summed E-state index contributed by atoms with van der Waals surface area (Å²) in [6.07, 6.45) is 4.05. The number of benzene rings is 1. The van der Waals surface area contributed by atoms with Crippen molar-refractivity contribution < 1.29 is 4.79 Å². The van der Waals surface area contributed by atoms with Gasteiger partial charge in [-0.2, -0.15) is 0 Å². The maximum atomic E-state index is 12.5. The summed E-state index contributed by atoms with van der Waals surface area (Å²) in [5.74, 6) is 0.646. The monoisotopic (exact) mass is 350 g/mol. The smallest absolute Gasteiger partial charge is 0.244 e. The third-order valence-corrected chi connectivity index (χ3v) is 4.75. The summed E-state index contributed by atoms with van der Waals surface area (Å²) in [4.78, 5) is 28.3. The lowest BCUT2D eigenvalue weighted by molar-refractivity contribution is -0.116. The lowest BCUT2D eigenvalue weighted by Crippen LogP contribution is -2.23. The van der Waals surface area contributed by atoms with E-state index in [4.69, 9.17) is 0 Å². The molecule has 0 radical (unpaired) electrons. The van der Waals surface area contributed by atoms with Crippen LogP contribution in [-0.2, 0) is 11.3 Å². The van der Waals surface area contributed by atoms with Crippen LogP contribution >= 0.6 is 0 Å². The second kappa shape index (κ2) is 6.74. The zero-order chi connectivity index (χ0) is 18.1. The first kappa shape index (κ1) is 16.5. The maximum Gasteiger partial charge on any atom is 0.244 e. The fourth-order valence-corrected chi connectivity index (χ4v) is 3.41. The molecule has 0 aliphatic carbocycles. The van der Waals surface area contributed by atoms with Crippen molar-refractivity contribution in [2.75, 3.05) is 23.3 Å². The van der Waals surface area contributed by atoms with Gasteiger partial charge in [-0.15, -0.1) is 0 Å². The van der Waals surface area contributed by atoms with Crippen LogP contribution in [0.3, 0.4) is 0 Å². The van der Waals surface area contributed by atoms with Crippen molar-refractivity contribution in [3.8, 4) is 0 Å². The van der Waals surface area contributed by atoms with E-state index in [9.17, 15) is 4.79 Å². The number of fused-ring (bicyclic) bond motifs is 1. The van der Waals surface area contributed by atoms with Crippen LogP contribution in [0.15, 0.2) is 30.6 Å². The number of carbonyl (C=O) groups is 1. The highest BCUT2D eigenvalue weighted by molar-refractivity contribution is 5.92. The van der Waals surface area contributed by atoms with Gasteiger partial charge in [0.2, 0.25) is 11.9 Å². The number of aromatic nitrogens is 4. The van der Waals surface area contributed by atoms with Gasteiger partial charge in [-0.25, -0.2) is 15.0 Å². The Morgan fingerprint density at radius 2 is 1.81 bits per heavy atom. The fourth-order valence-electron chi connectivity index (χ4n) is 3.41. The Labute approximate surface area is 152 Å². The van der Waals surface area contributed by atoms with Crippen molar-refractivity contribution in [1.82, 2.24) is 19.5 Å². The SMILES string of the molecule is Cc1nc(N2CCCC2)nc(C)c1NC(=O)Cn1cnc2ccccc21. The molecule has 2 aromatic heterocycles. The number of imidazole rings is 1. The van der Waals surface area contributed by atoms with Crippen LogP contribution in [0.2, 0.25) is 0 Å². The molecule has 1 amide bonds. The number of nitrogens with zero attached hydrogens (tertiary/aromatic N) is 5. The van der Waals surface area contributed by atoms with Crippen molar-refractivity contribution in [2.45, 2.75) is 33.2 Å². The number of anilines is 2. The van der Waals surface area contributed by atoms with E-state index in [1.54, 1.807) is 6.33 Å². The first-order valence-corrected chi connectivity index (χ1v) is 8.92. The van der Waals surface area contributed by atoms with E-state index in [1.165, 1.54) is 12.8 Å². The zero-order valence-electron chi connectivity index (χ0n) is 15.1. The number of hydrogen-bond acceptors (Lipinski definition) is 5. The van der Waals surface area contributed by atoms with E-state index in [-0.39, 0.29) is 12.5 Å². The second-order valence-electron chi connectivity index (χ2n) is 6.67. The zero-order valence-corrected chi connectivity index (χ0v) is 15.1. The Balaban J connectivity index is 1.52. The predicted octanol–water partition coefficient (Wildman–Crippen LogP) is 2.68. The number of hydrogen-bond donors (Lipinski definition) is 1. The number of para-hydroxylation sites is 2. The minimum Gasteiger partial charge on any atom is -0.341 e. The summed E-state index contributed by atoms with van der Waals surface area (Å²) in [7, 11) is 0. The normalized spacial score (nSPS) is 14.2. The molecule has 1 aliphatic rings. The van der Waals surface area contributed by atoms with Gasteiger partial charge >= 0.3 is 0 Å². The molecule has 1 fully saturated rings. The van der Waals surface area contributed by atoms with Crippen molar-refractivity contribution in [3.63, 3.8) is 0 Å². The van der Waals surface area contributed by atoms with Crippen LogP contribution in [-0.4, -0.2) is 38.5 Å². The highest BCUT2D eigenvalue weighted by Crippen LogP contribution is 2.23. The van der Waals surface area contributed by atoms with Gasteiger partial charge in [-0.3, -0.25) is 4.79 Å². The molecule has 1 aliphatic heterocycles. The molecular weight excluding hydrogens is 328 g/mol. The summed E-state index contributed by atoms with van der Waals surface area (Å²) >= 11 is 0. The van der Waals surface area contributed by atoms with Gasteiger partial charge in [-0.1, -0.05) is 12.1 Å². The molecule has 7 nitrogen and oxygen atoms in total. The third kappa shape index (κ3) is 3.12. The van der Waals surface area contributed by atoms with Gasteiger partial charge in [0.05, 0.1) is 34.4 Å². The summed E-state index contributed by atoms with van der Waals surface area (Å²) in [5, 5.41) is 2.97. The molecule has 26 heavy (non-hydrogen) atoms. The van der Waals surface area contributed by atoms with Gasteiger partial charge in [-0.05, 0) is 38.8 Å². The Kier molecular flexibility index (Phi) is 4.28. The lowest BCUT2D eigenvalue weighted by atomic mass is 10.2. The van der Waals surface area contributed by atoms with Crippen molar-refractivity contribution in [3.05, 3.63) is 42.0 Å². The van der Waals surface area contributed by atoms with E-state index in [0.717, 1.165) is 41.5 Å². The summed E-state index contributed by atoms with van der Waals surface area (Å²) in [5.41, 5.74) is 4.11. The van der Waals surface area contributed by atoms with Crippen molar-refractivity contribution in [2.24, 2.45) is 0 Å². The number of carbonyl (C=O) groups excluding carboxylic acids is 1. The first-order valence-electron chi connectivity index (χ1n) is 8.92. The van der Waals surface area contributed by atoms with Gasteiger partial charge in [0, 0.05) is 13.1 Å². The predicted molar refractivity (Wildman–Crippen MR) is 101 cm³/mol. The second-order valence-corrected chi connectivity index (χ2v) is 6.67. The highest BCUT2D eigenvalue weighted by atomic mass is 16.2. The van der Waals surface area contributed by atoms with Crippen molar-refractivity contribution >= 4 is 28.6 Å². The molecule has 3 aromatic rings. The van der Waals surface area contributed by atoms with E-state index in [1.807, 2.05) is 42.7 Å². The highest BCUT2D eigenvalue weighted by Gasteiger charge is 2.18. The average Bonchev–Trinajstić information content (AvgIpc) is 3.29. The minimum atomic E-state index is -0.114. The Hall–Kier alpha value is -2.96. The number of nitrogens with one attached hydrogen (secondary N) is 1. The van der Waals surface area contributed by atoms with Crippen LogP contribution < -0.4 is 10.2 Å². The van der Waals surface area contributed by atoms with Gasteiger partial charge in [0.15, 0.2) is 0 Å². The van der Waals surface area contributed by atoms with Gasteiger partial charge < -0.3 is 14.8 Å². The number of rotatable bonds is 4. The molecule has 0 saturated carbocycles. The van der Waals surface area contributed by atoms with Crippen LogP contribution in [0, 0.1) is 13.8 Å².